The van der Waals surface area contributed by atoms with Crippen molar-refractivity contribution in [2.75, 3.05) is 26.4 Å². The van der Waals surface area contributed by atoms with Crippen molar-refractivity contribution in [3.05, 3.63) is 42.0 Å². The second kappa shape index (κ2) is 7.09. The second-order valence-electron chi connectivity index (χ2n) is 5.28. The molecule has 134 valence electrons. The number of benzene rings is 1. The third kappa shape index (κ3) is 4.08. The van der Waals surface area contributed by atoms with Gasteiger partial charge in [-0.3, -0.25) is 4.79 Å². The lowest BCUT2D eigenvalue weighted by atomic mass is 10.2. The molecule has 0 saturated carbocycles. The Hall–Kier alpha value is -2.62. The molecule has 0 unspecified atom stereocenters. The summed E-state index contributed by atoms with van der Waals surface area (Å²) >= 11 is 0. The highest BCUT2D eigenvalue weighted by Gasteiger charge is 2.32. The van der Waals surface area contributed by atoms with E-state index in [-0.39, 0.29) is 24.9 Å². The van der Waals surface area contributed by atoms with Gasteiger partial charge in [-0.15, -0.1) is 0 Å². The number of morpholine rings is 1. The lowest BCUT2D eigenvalue weighted by molar-refractivity contribution is -0.143. The predicted octanol–water partition coefficient (Wildman–Crippen LogP) is 2.07. The van der Waals surface area contributed by atoms with Gasteiger partial charge in [-0.1, -0.05) is 5.16 Å². The molecule has 1 aliphatic rings. The monoisotopic (exact) mass is 357 g/mol. The van der Waals surface area contributed by atoms with Gasteiger partial charge < -0.3 is 18.9 Å². The van der Waals surface area contributed by atoms with Gasteiger partial charge in [-0.2, -0.15) is 18.2 Å². The van der Waals surface area contributed by atoms with Crippen LogP contribution < -0.4 is 4.74 Å². The van der Waals surface area contributed by atoms with E-state index in [1.807, 2.05) is 0 Å². The molecule has 1 saturated heterocycles. The van der Waals surface area contributed by atoms with Crippen LogP contribution in [0.25, 0.3) is 0 Å². The molecule has 10 heteroatoms. The Kier molecular flexibility index (Phi) is 4.88. The lowest BCUT2D eigenvalue weighted by Gasteiger charge is -2.33. The average molecular weight is 357 g/mol. The summed E-state index contributed by atoms with van der Waals surface area (Å²) in [5.41, 5.74) is -0.781. The summed E-state index contributed by atoms with van der Waals surface area (Å²) in [7, 11) is 0. The number of aromatic nitrogens is 2. The number of hydrogen-bond donors (Lipinski definition) is 0. The number of halogens is 3. The molecule has 1 amide bonds. The first-order valence-electron chi connectivity index (χ1n) is 7.38. The van der Waals surface area contributed by atoms with Gasteiger partial charge in [0.25, 0.3) is 5.91 Å². The lowest BCUT2D eigenvalue weighted by Crippen LogP contribution is -2.45. The van der Waals surface area contributed by atoms with Crippen LogP contribution in [0.15, 0.2) is 35.2 Å². The van der Waals surface area contributed by atoms with Crippen LogP contribution in [-0.4, -0.2) is 47.3 Å². The normalized spacial score (nSPS) is 18.2. The quantitative estimate of drug-likeness (QED) is 0.834. The van der Waals surface area contributed by atoms with Gasteiger partial charge in [-0.25, -0.2) is 0 Å². The van der Waals surface area contributed by atoms with Crippen molar-refractivity contribution in [2.45, 2.75) is 12.2 Å². The molecule has 1 aliphatic heterocycles. The topological polar surface area (TPSA) is 77.7 Å². The van der Waals surface area contributed by atoms with E-state index in [0.717, 1.165) is 18.5 Å². The highest BCUT2D eigenvalue weighted by molar-refractivity contribution is 5.78. The van der Waals surface area contributed by atoms with Crippen LogP contribution in [0.4, 0.5) is 13.2 Å². The van der Waals surface area contributed by atoms with Gasteiger partial charge in [0.2, 0.25) is 6.39 Å². The predicted molar refractivity (Wildman–Crippen MR) is 76.5 cm³/mol. The number of hydrogen-bond acceptors (Lipinski definition) is 6. The van der Waals surface area contributed by atoms with E-state index in [1.54, 1.807) is 0 Å². The molecule has 0 radical (unpaired) electrons. The number of amides is 1. The fraction of sp³-hybridized carbons (Fsp3) is 0.400. The number of ether oxygens (including phenoxy) is 2. The van der Waals surface area contributed by atoms with E-state index < -0.39 is 17.8 Å². The fourth-order valence-electron chi connectivity index (χ4n) is 2.41. The Morgan fingerprint density at radius 2 is 2.08 bits per heavy atom. The number of carbonyl (C=O) groups is 1. The van der Waals surface area contributed by atoms with E-state index in [0.29, 0.717) is 19.0 Å². The Bertz CT molecular complexity index is 704. The standard InChI is InChI=1S/C15H14F3N3O4/c16-15(17,18)10-1-3-11(4-2-10)24-8-13(22)21-5-6-23-7-12(21)14-19-9-25-20-14/h1-4,9,12H,5-8H2/t12-/m1/s1. The Morgan fingerprint density at radius 3 is 2.72 bits per heavy atom. The zero-order valence-electron chi connectivity index (χ0n) is 12.9. The van der Waals surface area contributed by atoms with Crippen molar-refractivity contribution >= 4 is 5.91 Å². The molecule has 2 heterocycles. The third-order valence-corrected chi connectivity index (χ3v) is 3.67. The zero-order chi connectivity index (χ0) is 17.9. The first-order valence-corrected chi connectivity index (χ1v) is 7.38. The maximum Gasteiger partial charge on any atom is 0.416 e. The summed E-state index contributed by atoms with van der Waals surface area (Å²) < 4.78 is 52.9. The maximum atomic E-state index is 12.5. The van der Waals surface area contributed by atoms with E-state index in [2.05, 4.69) is 14.7 Å². The molecule has 1 fully saturated rings. The molecule has 1 aromatic carbocycles. The Labute approximate surface area is 140 Å². The molecule has 0 aliphatic carbocycles. The summed E-state index contributed by atoms with van der Waals surface area (Å²) in [5, 5.41) is 3.72. The maximum absolute atomic E-state index is 12.5. The van der Waals surface area contributed by atoms with Crippen LogP contribution in [0.2, 0.25) is 0 Å². The zero-order valence-corrected chi connectivity index (χ0v) is 12.9. The Balaban J connectivity index is 1.61. The summed E-state index contributed by atoms with van der Waals surface area (Å²) in [6, 6.07) is 3.65. The average Bonchev–Trinajstić information content (AvgIpc) is 3.14. The number of rotatable bonds is 4. The van der Waals surface area contributed by atoms with Crippen molar-refractivity contribution in [3.8, 4) is 5.75 Å². The summed E-state index contributed by atoms with van der Waals surface area (Å²) in [6.07, 6.45) is -3.26. The van der Waals surface area contributed by atoms with Crippen molar-refractivity contribution in [3.63, 3.8) is 0 Å². The van der Waals surface area contributed by atoms with E-state index in [9.17, 15) is 18.0 Å². The summed E-state index contributed by atoms with van der Waals surface area (Å²) in [4.78, 5) is 17.8. The minimum absolute atomic E-state index is 0.172. The van der Waals surface area contributed by atoms with Crippen LogP contribution in [0, 0.1) is 0 Å². The molecule has 1 aromatic heterocycles. The van der Waals surface area contributed by atoms with E-state index in [4.69, 9.17) is 9.47 Å². The van der Waals surface area contributed by atoms with Crippen molar-refractivity contribution in [1.82, 2.24) is 15.0 Å². The minimum Gasteiger partial charge on any atom is -0.484 e. The van der Waals surface area contributed by atoms with Crippen LogP contribution in [0.3, 0.4) is 0 Å². The number of alkyl halides is 3. The summed E-state index contributed by atoms with van der Waals surface area (Å²) in [6.45, 7) is 0.597. The minimum atomic E-state index is -4.42. The van der Waals surface area contributed by atoms with Crippen LogP contribution >= 0.6 is 0 Å². The van der Waals surface area contributed by atoms with Gasteiger partial charge in [0.15, 0.2) is 12.4 Å². The highest BCUT2D eigenvalue weighted by Crippen LogP contribution is 2.30. The molecule has 7 nitrogen and oxygen atoms in total. The first kappa shape index (κ1) is 17.2. The second-order valence-corrected chi connectivity index (χ2v) is 5.28. The SMILES string of the molecule is O=C(COc1ccc(C(F)(F)F)cc1)N1CCOC[C@@H]1c1ncon1. The number of nitrogens with zero attached hydrogens (tertiary/aromatic N) is 3. The molecule has 1 atom stereocenters. The van der Waals surface area contributed by atoms with Gasteiger partial charge in [0.05, 0.1) is 18.8 Å². The van der Waals surface area contributed by atoms with Gasteiger partial charge in [0.1, 0.15) is 11.8 Å². The fourth-order valence-corrected chi connectivity index (χ4v) is 2.41. The molecular weight excluding hydrogens is 343 g/mol. The van der Waals surface area contributed by atoms with E-state index >= 15 is 0 Å². The van der Waals surface area contributed by atoms with Crippen LogP contribution in [0.1, 0.15) is 17.4 Å². The third-order valence-electron chi connectivity index (χ3n) is 3.67. The highest BCUT2D eigenvalue weighted by atomic mass is 19.4. The van der Waals surface area contributed by atoms with Crippen molar-refractivity contribution in [2.24, 2.45) is 0 Å². The van der Waals surface area contributed by atoms with Gasteiger partial charge in [0, 0.05) is 6.54 Å². The largest absolute Gasteiger partial charge is 0.484 e. The number of carbonyl (C=O) groups excluding carboxylic acids is 1. The molecule has 3 rings (SSSR count). The smallest absolute Gasteiger partial charge is 0.416 e. The van der Waals surface area contributed by atoms with Crippen LogP contribution in [-0.2, 0) is 15.7 Å². The van der Waals surface area contributed by atoms with Crippen LogP contribution in [0.5, 0.6) is 5.75 Å². The molecule has 0 spiro atoms. The molecule has 0 N–H and O–H groups in total. The van der Waals surface area contributed by atoms with Crippen molar-refractivity contribution < 1.29 is 32.0 Å². The molecule has 0 bridgehead atoms. The first-order chi connectivity index (χ1) is 11.9. The Morgan fingerprint density at radius 1 is 1.32 bits per heavy atom. The van der Waals surface area contributed by atoms with Crippen molar-refractivity contribution in [1.29, 1.82) is 0 Å². The van der Waals surface area contributed by atoms with E-state index in [1.165, 1.54) is 17.0 Å². The molecule has 2 aromatic rings. The summed E-state index contributed by atoms with van der Waals surface area (Å²) in [5.74, 6) is 0.145. The molecular formula is C15H14F3N3O4. The van der Waals surface area contributed by atoms with Gasteiger partial charge >= 0.3 is 6.18 Å². The van der Waals surface area contributed by atoms with Gasteiger partial charge in [-0.05, 0) is 24.3 Å². The molecule has 25 heavy (non-hydrogen) atoms.